The van der Waals surface area contributed by atoms with Crippen LogP contribution in [0.2, 0.25) is 0 Å². The summed E-state index contributed by atoms with van der Waals surface area (Å²) < 4.78 is 6.63. The predicted octanol–water partition coefficient (Wildman–Crippen LogP) is 8.04. The molecule has 29 heavy (non-hydrogen) atoms. The van der Waals surface area contributed by atoms with E-state index in [1.165, 1.54) is 20.9 Å². The Morgan fingerprint density at radius 2 is 1.00 bits per heavy atom. The quantitative estimate of drug-likeness (QED) is 0.283. The average molecular weight is 415 g/mol. The molecular weight excluding hydrogens is 392 g/mol. The predicted molar refractivity (Wildman–Crippen MR) is 126 cm³/mol. The first kappa shape index (κ1) is 19.6. The molecule has 0 amide bonds. The Labute approximate surface area is 180 Å². The van der Waals surface area contributed by atoms with Gasteiger partial charge in [-0.2, -0.15) is 0 Å². The molecule has 0 radical (unpaired) electrons. The van der Waals surface area contributed by atoms with Gasteiger partial charge in [-0.05, 0) is 46.2 Å². The normalized spacial score (nSPS) is 13.8. The summed E-state index contributed by atoms with van der Waals surface area (Å²) in [6, 6.07) is 29.1. The minimum absolute atomic E-state index is 0.109. The molecule has 2 aromatic heterocycles. The minimum Gasteiger partial charge on any atom is -0.356 e. The van der Waals surface area contributed by atoms with Crippen molar-refractivity contribution in [2.45, 2.75) is 12.2 Å². The van der Waals surface area contributed by atoms with Crippen molar-refractivity contribution in [3.05, 3.63) is 129 Å². The molecule has 0 fully saturated rings. The molecule has 4 aromatic rings. The second-order valence-corrected chi connectivity index (χ2v) is 8.51. The van der Waals surface area contributed by atoms with Gasteiger partial charge in [0.2, 0.25) is 0 Å². The number of thiophene rings is 2. The maximum Gasteiger partial charge on any atom is 0.111 e. The molecule has 2 atom stereocenters. The molecule has 2 heterocycles. The summed E-state index contributed by atoms with van der Waals surface area (Å²) in [5.41, 5.74) is 2.34. The molecule has 2 aromatic carbocycles. The summed E-state index contributed by atoms with van der Waals surface area (Å²) in [7, 11) is 0. The van der Waals surface area contributed by atoms with Gasteiger partial charge in [0, 0.05) is 9.75 Å². The van der Waals surface area contributed by atoms with Crippen molar-refractivity contribution in [1.82, 2.24) is 0 Å². The molecule has 3 heteroatoms. The topological polar surface area (TPSA) is 9.23 Å². The zero-order valence-electron chi connectivity index (χ0n) is 15.9. The Morgan fingerprint density at radius 3 is 1.38 bits per heavy atom. The van der Waals surface area contributed by atoms with E-state index < -0.39 is 0 Å². The fourth-order valence-electron chi connectivity index (χ4n) is 3.00. The van der Waals surface area contributed by atoms with Crippen LogP contribution in [0.4, 0.5) is 0 Å². The summed E-state index contributed by atoms with van der Waals surface area (Å²) in [6.45, 7) is 0. The van der Waals surface area contributed by atoms with Gasteiger partial charge in [0.05, 0.1) is 0 Å². The van der Waals surface area contributed by atoms with E-state index in [1.807, 2.05) is 12.1 Å². The lowest BCUT2D eigenvalue weighted by atomic mass is 10.1. The molecule has 4 rings (SSSR count). The zero-order chi connectivity index (χ0) is 19.7. The zero-order valence-corrected chi connectivity index (χ0v) is 17.6. The number of hydrogen-bond donors (Lipinski definition) is 0. The van der Waals surface area contributed by atoms with Gasteiger partial charge in [0.25, 0.3) is 0 Å². The van der Waals surface area contributed by atoms with Gasteiger partial charge in [-0.3, -0.25) is 0 Å². The Hall–Kier alpha value is -2.72. The molecule has 0 aliphatic rings. The third kappa shape index (κ3) is 5.64. The van der Waals surface area contributed by atoms with E-state index in [1.54, 1.807) is 22.7 Å². The maximum atomic E-state index is 6.63. The highest BCUT2D eigenvalue weighted by Gasteiger charge is 2.18. The highest BCUT2D eigenvalue weighted by Crippen LogP contribution is 2.34. The molecule has 0 aliphatic heterocycles. The van der Waals surface area contributed by atoms with Crippen LogP contribution in [0.5, 0.6) is 0 Å². The summed E-state index contributed by atoms with van der Waals surface area (Å²) >= 11 is 3.45. The van der Waals surface area contributed by atoms with Gasteiger partial charge >= 0.3 is 0 Å². The van der Waals surface area contributed by atoms with Crippen molar-refractivity contribution >= 4 is 34.8 Å². The average Bonchev–Trinajstić information content (AvgIpc) is 3.49. The van der Waals surface area contributed by atoms with Crippen LogP contribution in [-0.4, -0.2) is 0 Å². The fourth-order valence-corrected chi connectivity index (χ4v) is 4.48. The molecule has 1 nitrogen and oxygen atoms in total. The van der Waals surface area contributed by atoms with Crippen LogP contribution in [0.3, 0.4) is 0 Å². The Balaban J connectivity index is 1.60. The van der Waals surface area contributed by atoms with Crippen LogP contribution in [0.25, 0.3) is 12.2 Å². The standard InChI is InChI=1S/C26H22OS2/c1-3-9-21(10-4-1)15-17-23(25-13-7-19-28-25)27-24(26-14-8-20-29-26)18-16-22-11-5-2-6-12-22/h1-20,23-24H. The van der Waals surface area contributed by atoms with Crippen LogP contribution < -0.4 is 0 Å². The second-order valence-electron chi connectivity index (χ2n) is 6.55. The van der Waals surface area contributed by atoms with Crippen LogP contribution in [0.15, 0.2) is 108 Å². The van der Waals surface area contributed by atoms with E-state index in [9.17, 15) is 0 Å². The Kier molecular flexibility index (Phi) is 6.87. The van der Waals surface area contributed by atoms with Gasteiger partial charge < -0.3 is 4.74 Å². The first-order chi connectivity index (χ1) is 14.4. The highest BCUT2D eigenvalue weighted by atomic mass is 32.1. The Bertz CT molecular complexity index is 931. The third-order valence-corrected chi connectivity index (χ3v) is 6.33. The Morgan fingerprint density at radius 1 is 0.552 bits per heavy atom. The monoisotopic (exact) mass is 414 g/mol. The van der Waals surface area contributed by atoms with Crippen LogP contribution in [0, 0.1) is 0 Å². The van der Waals surface area contributed by atoms with Gasteiger partial charge in [-0.1, -0.05) is 84.9 Å². The first-order valence-electron chi connectivity index (χ1n) is 9.57. The molecule has 0 N–H and O–H groups in total. The molecule has 0 bridgehead atoms. The number of hydrogen-bond acceptors (Lipinski definition) is 3. The van der Waals surface area contributed by atoms with Crippen LogP contribution in [0.1, 0.15) is 33.1 Å². The minimum atomic E-state index is -0.109. The van der Waals surface area contributed by atoms with E-state index in [0.29, 0.717) is 0 Å². The van der Waals surface area contributed by atoms with Gasteiger partial charge in [0.1, 0.15) is 12.2 Å². The second kappa shape index (κ2) is 10.2. The molecular formula is C26H22OS2. The molecule has 2 unspecified atom stereocenters. The lowest BCUT2D eigenvalue weighted by Gasteiger charge is -2.19. The van der Waals surface area contributed by atoms with Crippen molar-refractivity contribution in [2.75, 3.05) is 0 Å². The van der Waals surface area contributed by atoms with Gasteiger partial charge in [-0.25, -0.2) is 0 Å². The molecule has 144 valence electrons. The van der Waals surface area contributed by atoms with Gasteiger partial charge in [-0.15, -0.1) is 22.7 Å². The molecule has 0 aliphatic carbocycles. The number of ether oxygens (including phenoxy) is 1. The van der Waals surface area contributed by atoms with Crippen molar-refractivity contribution in [3.63, 3.8) is 0 Å². The summed E-state index contributed by atoms with van der Waals surface area (Å²) in [6.07, 6.45) is 8.36. The van der Waals surface area contributed by atoms with Crippen molar-refractivity contribution in [1.29, 1.82) is 0 Å². The van der Waals surface area contributed by atoms with E-state index in [2.05, 4.69) is 108 Å². The lowest BCUT2D eigenvalue weighted by molar-refractivity contribution is 0.0448. The number of rotatable bonds is 8. The summed E-state index contributed by atoms with van der Waals surface area (Å²) in [5.74, 6) is 0. The fraction of sp³-hybridized carbons (Fsp3) is 0.0769. The van der Waals surface area contributed by atoms with E-state index in [0.717, 1.165) is 0 Å². The van der Waals surface area contributed by atoms with Crippen LogP contribution >= 0.6 is 22.7 Å². The summed E-state index contributed by atoms with van der Waals surface area (Å²) in [5, 5.41) is 4.20. The van der Waals surface area contributed by atoms with Crippen molar-refractivity contribution in [3.8, 4) is 0 Å². The summed E-state index contributed by atoms with van der Waals surface area (Å²) in [4.78, 5) is 2.40. The maximum absolute atomic E-state index is 6.63. The van der Waals surface area contributed by atoms with Crippen molar-refractivity contribution in [2.24, 2.45) is 0 Å². The van der Waals surface area contributed by atoms with Gasteiger partial charge in [0.15, 0.2) is 0 Å². The van der Waals surface area contributed by atoms with E-state index in [-0.39, 0.29) is 12.2 Å². The van der Waals surface area contributed by atoms with E-state index in [4.69, 9.17) is 4.74 Å². The van der Waals surface area contributed by atoms with E-state index >= 15 is 0 Å². The molecule has 0 saturated carbocycles. The molecule has 0 spiro atoms. The molecule has 0 saturated heterocycles. The third-order valence-electron chi connectivity index (χ3n) is 4.47. The first-order valence-corrected chi connectivity index (χ1v) is 11.3. The van der Waals surface area contributed by atoms with Crippen molar-refractivity contribution < 1.29 is 4.74 Å². The SMILES string of the molecule is C(=CC(OC(C=Cc1ccccc1)c1cccs1)c1cccs1)c1ccccc1. The highest BCUT2D eigenvalue weighted by molar-refractivity contribution is 7.10. The largest absolute Gasteiger partial charge is 0.356 e. The van der Waals surface area contributed by atoms with Crippen LogP contribution in [-0.2, 0) is 4.74 Å². The lowest BCUT2D eigenvalue weighted by Crippen LogP contribution is -2.05. The smallest absolute Gasteiger partial charge is 0.111 e. The number of benzene rings is 2.